The molecular weight excluding hydrogens is 245 g/mol. The molecule has 0 radical (unpaired) electrons. The standard InChI is InChI=1S/C12H21F3N2O/c1-3-8-17(9-12(13,14)15)10(18)11(2)6-4-5-7-16-11/h16H,3-9H2,1-2H3. The molecule has 0 aliphatic carbocycles. The molecule has 1 amide bonds. The quantitative estimate of drug-likeness (QED) is 0.847. The average molecular weight is 266 g/mol. The highest BCUT2D eigenvalue weighted by Gasteiger charge is 2.41. The van der Waals surface area contributed by atoms with Gasteiger partial charge in [0.15, 0.2) is 0 Å². The number of rotatable bonds is 4. The van der Waals surface area contributed by atoms with Crippen LogP contribution >= 0.6 is 0 Å². The second-order valence-electron chi connectivity index (χ2n) is 5.06. The highest BCUT2D eigenvalue weighted by atomic mass is 19.4. The summed E-state index contributed by atoms with van der Waals surface area (Å²) < 4.78 is 37.4. The van der Waals surface area contributed by atoms with Crippen LogP contribution in [0.3, 0.4) is 0 Å². The monoisotopic (exact) mass is 266 g/mol. The van der Waals surface area contributed by atoms with Crippen LogP contribution in [0, 0.1) is 0 Å². The van der Waals surface area contributed by atoms with Crippen molar-refractivity contribution in [3.05, 3.63) is 0 Å². The lowest BCUT2D eigenvalue weighted by Crippen LogP contribution is -2.59. The number of hydrogen-bond donors (Lipinski definition) is 1. The molecule has 106 valence electrons. The van der Waals surface area contributed by atoms with E-state index in [-0.39, 0.29) is 6.54 Å². The Morgan fingerprint density at radius 1 is 1.39 bits per heavy atom. The first kappa shape index (κ1) is 15.3. The van der Waals surface area contributed by atoms with Crippen LogP contribution in [0.1, 0.15) is 39.5 Å². The topological polar surface area (TPSA) is 32.3 Å². The summed E-state index contributed by atoms with van der Waals surface area (Å²) in [6.45, 7) is 3.15. The third-order valence-corrected chi connectivity index (χ3v) is 3.24. The molecule has 1 aliphatic rings. The van der Waals surface area contributed by atoms with Crippen LogP contribution in [0.5, 0.6) is 0 Å². The van der Waals surface area contributed by atoms with Gasteiger partial charge in [0, 0.05) is 6.54 Å². The Bertz CT molecular complexity index is 286. The van der Waals surface area contributed by atoms with Crippen molar-refractivity contribution in [1.29, 1.82) is 0 Å². The van der Waals surface area contributed by atoms with Crippen molar-refractivity contribution in [2.75, 3.05) is 19.6 Å². The zero-order valence-corrected chi connectivity index (χ0v) is 10.9. The van der Waals surface area contributed by atoms with E-state index in [2.05, 4.69) is 5.32 Å². The first-order valence-corrected chi connectivity index (χ1v) is 6.39. The fourth-order valence-electron chi connectivity index (χ4n) is 2.33. The third-order valence-electron chi connectivity index (χ3n) is 3.24. The number of piperidine rings is 1. The fourth-order valence-corrected chi connectivity index (χ4v) is 2.33. The number of nitrogens with zero attached hydrogens (tertiary/aromatic N) is 1. The molecule has 0 aromatic carbocycles. The number of nitrogens with one attached hydrogen (secondary N) is 1. The molecule has 1 saturated heterocycles. The van der Waals surface area contributed by atoms with Gasteiger partial charge in [-0.15, -0.1) is 0 Å². The van der Waals surface area contributed by atoms with Gasteiger partial charge in [0.1, 0.15) is 6.54 Å². The molecule has 3 nitrogen and oxygen atoms in total. The summed E-state index contributed by atoms with van der Waals surface area (Å²) >= 11 is 0. The Morgan fingerprint density at radius 3 is 2.50 bits per heavy atom. The van der Waals surface area contributed by atoms with Gasteiger partial charge in [-0.25, -0.2) is 0 Å². The van der Waals surface area contributed by atoms with Gasteiger partial charge in [0.2, 0.25) is 5.91 Å². The Labute approximate surface area is 106 Å². The average Bonchev–Trinajstić information content (AvgIpc) is 2.27. The molecule has 1 heterocycles. The van der Waals surface area contributed by atoms with Crippen LogP contribution in [0.15, 0.2) is 0 Å². The first-order valence-electron chi connectivity index (χ1n) is 6.39. The highest BCUT2D eigenvalue weighted by molar-refractivity contribution is 5.86. The van der Waals surface area contributed by atoms with Gasteiger partial charge >= 0.3 is 6.18 Å². The first-order chi connectivity index (χ1) is 8.28. The van der Waals surface area contributed by atoms with Crippen molar-refractivity contribution in [2.24, 2.45) is 0 Å². The molecule has 18 heavy (non-hydrogen) atoms. The Kier molecular flexibility index (Phi) is 5.01. The highest BCUT2D eigenvalue weighted by Crippen LogP contribution is 2.24. The van der Waals surface area contributed by atoms with Gasteiger partial charge in [0.25, 0.3) is 0 Å². The second kappa shape index (κ2) is 5.91. The summed E-state index contributed by atoms with van der Waals surface area (Å²) in [7, 11) is 0. The van der Waals surface area contributed by atoms with Crippen LogP contribution in [0.4, 0.5) is 13.2 Å². The van der Waals surface area contributed by atoms with Crippen LogP contribution in [-0.4, -0.2) is 42.2 Å². The van der Waals surface area contributed by atoms with Gasteiger partial charge in [-0.05, 0) is 39.2 Å². The molecule has 0 bridgehead atoms. The molecule has 1 aliphatic heterocycles. The molecule has 1 N–H and O–H groups in total. The lowest BCUT2D eigenvalue weighted by atomic mass is 9.89. The maximum atomic E-state index is 12.5. The van der Waals surface area contributed by atoms with E-state index in [1.165, 1.54) is 0 Å². The van der Waals surface area contributed by atoms with Gasteiger partial charge < -0.3 is 10.2 Å². The summed E-state index contributed by atoms with van der Waals surface area (Å²) in [5, 5.41) is 3.06. The van der Waals surface area contributed by atoms with Crippen molar-refractivity contribution >= 4 is 5.91 Å². The van der Waals surface area contributed by atoms with Crippen molar-refractivity contribution in [3.8, 4) is 0 Å². The number of hydrogen-bond acceptors (Lipinski definition) is 2. The third kappa shape index (κ3) is 4.15. The van der Waals surface area contributed by atoms with Crippen molar-refractivity contribution in [1.82, 2.24) is 10.2 Å². The number of carbonyl (C=O) groups is 1. The SMILES string of the molecule is CCCN(CC(F)(F)F)C(=O)C1(C)CCCCN1. The summed E-state index contributed by atoms with van der Waals surface area (Å²) in [6.07, 6.45) is -1.37. The van der Waals surface area contributed by atoms with E-state index in [9.17, 15) is 18.0 Å². The van der Waals surface area contributed by atoms with Crippen molar-refractivity contribution < 1.29 is 18.0 Å². The molecule has 0 aromatic heterocycles. The maximum Gasteiger partial charge on any atom is 0.406 e. The second-order valence-corrected chi connectivity index (χ2v) is 5.06. The normalized spacial score (nSPS) is 24.9. The van der Waals surface area contributed by atoms with Crippen LogP contribution in [0.25, 0.3) is 0 Å². The van der Waals surface area contributed by atoms with E-state index in [4.69, 9.17) is 0 Å². The minimum absolute atomic E-state index is 0.148. The van der Waals surface area contributed by atoms with Crippen molar-refractivity contribution in [3.63, 3.8) is 0 Å². The molecule has 1 rings (SSSR count). The Hall–Kier alpha value is -0.780. The summed E-state index contributed by atoms with van der Waals surface area (Å²) in [6, 6.07) is 0. The van der Waals surface area contributed by atoms with Gasteiger partial charge in [-0.1, -0.05) is 6.92 Å². The number of carbonyl (C=O) groups excluding carboxylic acids is 1. The van der Waals surface area contributed by atoms with E-state index in [0.717, 1.165) is 17.7 Å². The van der Waals surface area contributed by atoms with E-state index >= 15 is 0 Å². The van der Waals surface area contributed by atoms with Crippen LogP contribution in [0.2, 0.25) is 0 Å². The zero-order chi connectivity index (χ0) is 13.8. The zero-order valence-electron chi connectivity index (χ0n) is 10.9. The molecule has 0 spiro atoms. The summed E-state index contributed by atoms with van der Waals surface area (Å²) in [4.78, 5) is 13.2. The summed E-state index contributed by atoms with van der Waals surface area (Å²) in [5.74, 6) is -0.429. The molecule has 1 atom stereocenters. The van der Waals surface area contributed by atoms with Gasteiger partial charge in [-0.2, -0.15) is 13.2 Å². The Balaban J connectivity index is 2.74. The smallest absolute Gasteiger partial charge is 0.332 e. The fraction of sp³-hybridized carbons (Fsp3) is 0.917. The van der Waals surface area contributed by atoms with E-state index in [1.54, 1.807) is 13.8 Å². The Morgan fingerprint density at radius 2 is 2.06 bits per heavy atom. The number of halogens is 3. The largest absolute Gasteiger partial charge is 0.406 e. The van der Waals surface area contributed by atoms with Gasteiger partial charge in [-0.3, -0.25) is 4.79 Å². The molecule has 1 fully saturated rings. The van der Waals surface area contributed by atoms with Gasteiger partial charge in [0.05, 0.1) is 5.54 Å². The molecular formula is C12H21F3N2O. The van der Waals surface area contributed by atoms with Crippen LogP contribution in [-0.2, 0) is 4.79 Å². The van der Waals surface area contributed by atoms with E-state index in [0.29, 0.717) is 19.4 Å². The molecule has 1 unspecified atom stereocenters. The number of amides is 1. The minimum Gasteiger partial charge on any atom is -0.332 e. The van der Waals surface area contributed by atoms with Crippen LogP contribution < -0.4 is 5.32 Å². The molecule has 0 saturated carbocycles. The van der Waals surface area contributed by atoms with E-state index in [1.807, 2.05) is 0 Å². The van der Waals surface area contributed by atoms with Crippen molar-refractivity contribution in [2.45, 2.75) is 51.2 Å². The summed E-state index contributed by atoms with van der Waals surface area (Å²) in [5.41, 5.74) is -0.835. The van der Waals surface area contributed by atoms with E-state index < -0.39 is 24.2 Å². The minimum atomic E-state index is -4.34. The maximum absolute atomic E-state index is 12.5. The predicted octanol–water partition coefficient (Wildman–Crippen LogP) is 2.32. The predicted molar refractivity (Wildman–Crippen MR) is 63.2 cm³/mol. The lowest BCUT2D eigenvalue weighted by Gasteiger charge is -2.38. The lowest BCUT2D eigenvalue weighted by molar-refractivity contribution is -0.165. The molecule has 6 heteroatoms. The number of alkyl halides is 3. The molecule has 0 aromatic rings.